The van der Waals surface area contributed by atoms with Gasteiger partial charge in [0.25, 0.3) is 0 Å². The summed E-state index contributed by atoms with van der Waals surface area (Å²) in [6.45, 7) is 6.43. The minimum atomic E-state index is -0.183. The fourth-order valence-electron chi connectivity index (χ4n) is 1.68. The van der Waals surface area contributed by atoms with Gasteiger partial charge in [-0.1, -0.05) is 13.8 Å². The number of likely N-dealkylation sites (N-methyl/N-ethyl adjacent to an activating group) is 1. The molecule has 1 amide bonds. The van der Waals surface area contributed by atoms with E-state index in [1.54, 1.807) is 11.9 Å². The molecular weight excluding hydrogens is 192 g/mol. The number of nitrogens with zero attached hydrogens (tertiary/aromatic N) is 1. The molecule has 0 fully saturated rings. The lowest BCUT2D eigenvalue weighted by Gasteiger charge is -2.32. The van der Waals surface area contributed by atoms with E-state index in [4.69, 9.17) is 5.11 Å². The highest BCUT2D eigenvalue weighted by Crippen LogP contribution is 2.09. The van der Waals surface area contributed by atoms with Crippen molar-refractivity contribution in [2.75, 3.05) is 20.2 Å². The van der Waals surface area contributed by atoms with Crippen LogP contribution in [0, 0.1) is 0 Å². The third-order valence-electron chi connectivity index (χ3n) is 2.81. The molecule has 4 heteroatoms. The summed E-state index contributed by atoms with van der Waals surface area (Å²) in [4.78, 5) is 13.8. The van der Waals surface area contributed by atoms with E-state index in [-0.39, 0.29) is 24.6 Å². The van der Waals surface area contributed by atoms with Crippen molar-refractivity contribution in [2.24, 2.45) is 0 Å². The van der Waals surface area contributed by atoms with Gasteiger partial charge in [-0.3, -0.25) is 4.79 Å². The lowest BCUT2D eigenvalue weighted by Crippen LogP contribution is -2.49. The normalized spacial score (nSPS) is 12.9. The number of rotatable bonds is 7. The average molecular weight is 216 g/mol. The first-order valence-corrected chi connectivity index (χ1v) is 5.70. The van der Waals surface area contributed by atoms with E-state index in [2.05, 4.69) is 19.2 Å². The number of aliphatic hydroxyl groups excluding tert-OH is 1. The maximum atomic E-state index is 12.0. The molecule has 0 rings (SSSR count). The Bertz CT molecular complexity index is 181. The molecular formula is C11H24N2O2. The van der Waals surface area contributed by atoms with Gasteiger partial charge in [0.15, 0.2) is 0 Å². The Morgan fingerprint density at radius 2 is 1.93 bits per heavy atom. The zero-order chi connectivity index (χ0) is 11.8. The Morgan fingerprint density at radius 1 is 1.40 bits per heavy atom. The van der Waals surface area contributed by atoms with E-state index in [1.165, 1.54) is 0 Å². The fourth-order valence-corrected chi connectivity index (χ4v) is 1.68. The van der Waals surface area contributed by atoms with E-state index in [1.807, 2.05) is 6.92 Å². The van der Waals surface area contributed by atoms with Crippen LogP contribution in [-0.4, -0.2) is 48.2 Å². The molecule has 0 heterocycles. The van der Waals surface area contributed by atoms with Crippen LogP contribution in [-0.2, 0) is 4.79 Å². The monoisotopic (exact) mass is 216 g/mol. The minimum Gasteiger partial charge on any atom is -0.395 e. The molecule has 2 N–H and O–H groups in total. The summed E-state index contributed by atoms with van der Waals surface area (Å²) in [5.74, 6) is 0.0697. The zero-order valence-electron chi connectivity index (χ0n) is 10.3. The Kier molecular flexibility index (Phi) is 7.34. The Labute approximate surface area is 92.7 Å². The van der Waals surface area contributed by atoms with Crippen molar-refractivity contribution in [3.8, 4) is 0 Å². The third kappa shape index (κ3) is 4.18. The lowest BCUT2D eigenvalue weighted by molar-refractivity contribution is -0.136. The quantitative estimate of drug-likeness (QED) is 0.655. The molecule has 0 aliphatic rings. The largest absolute Gasteiger partial charge is 0.395 e. The Hall–Kier alpha value is -0.610. The lowest BCUT2D eigenvalue weighted by atomic mass is 10.1. The number of carbonyl (C=O) groups excluding carboxylic acids is 1. The van der Waals surface area contributed by atoms with Crippen molar-refractivity contribution < 1.29 is 9.90 Å². The molecule has 4 nitrogen and oxygen atoms in total. The van der Waals surface area contributed by atoms with Crippen LogP contribution in [0.5, 0.6) is 0 Å². The number of hydrogen-bond donors (Lipinski definition) is 2. The molecule has 1 atom stereocenters. The van der Waals surface area contributed by atoms with Crippen LogP contribution in [0.1, 0.15) is 33.6 Å². The molecule has 15 heavy (non-hydrogen) atoms. The minimum absolute atomic E-state index is 0.0265. The van der Waals surface area contributed by atoms with Crippen molar-refractivity contribution in [1.29, 1.82) is 0 Å². The predicted octanol–water partition coefficient (Wildman–Crippen LogP) is 0.604. The van der Waals surface area contributed by atoms with Gasteiger partial charge in [0.05, 0.1) is 12.6 Å². The summed E-state index contributed by atoms with van der Waals surface area (Å²) >= 11 is 0. The fraction of sp³-hybridized carbons (Fsp3) is 0.909. The van der Waals surface area contributed by atoms with Crippen molar-refractivity contribution >= 4 is 5.91 Å². The maximum absolute atomic E-state index is 12.0. The van der Waals surface area contributed by atoms with Crippen LogP contribution in [0.4, 0.5) is 0 Å². The van der Waals surface area contributed by atoms with Crippen LogP contribution in [0.2, 0.25) is 0 Å². The molecule has 0 aromatic carbocycles. The first-order chi connectivity index (χ1) is 7.12. The smallest absolute Gasteiger partial charge is 0.239 e. The zero-order valence-corrected chi connectivity index (χ0v) is 10.3. The predicted molar refractivity (Wildman–Crippen MR) is 61.7 cm³/mol. The summed E-state index contributed by atoms with van der Waals surface area (Å²) in [5, 5.41) is 11.9. The topological polar surface area (TPSA) is 52.6 Å². The Morgan fingerprint density at radius 3 is 2.27 bits per heavy atom. The van der Waals surface area contributed by atoms with Crippen LogP contribution < -0.4 is 5.32 Å². The summed E-state index contributed by atoms with van der Waals surface area (Å²) < 4.78 is 0. The number of hydrogen-bond acceptors (Lipinski definition) is 3. The molecule has 90 valence electrons. The second-order valence-electron chi connectivity index (χ2n) is 3.74. The van der Waals surface area contributed by atoms with Crippen LogP contribution >= 0.6 is 0 Å². The van der Waals surface area contributed by atoms with Gasteiger partial charge in [-0.15, -0.1) is 0 Å². The van der Waals surface area contributed by atoms with Crippen molar-refractivity contribution in [2.45, 2.75) is 45.7 Å². The molecule has 0 aliphatic heterocycles. The molecule has 0 aromatic heterocycles. The van der Waals surface area contributed by atoms with Gasteiger partial charge in [-0.05, 0) is 26.8 Å². The highest BCUT2D eigenvalue weighted by atomic mass is 16.3. The highest BCUT2D eigenvalue weighted by molar-refractivity contribution is 5.81. The number of amides is 1. The number of aliphatic hydroxyl groups is 1. The number of nitrogens with one attached hydrogen (secondary N) is 1. The molecule has 0 saturated carbocycles. The molecule has 0 aliphatic carbocycles. The van der Waals surface area contributed by atoms with Crippen molar-refractivity contribution in [3.05, 3.63) is 0 Å². The van der Waals surface area contributed by atoms with Crippen LogP contribution in [0.25, 0.3) is 0 Å². The van der Waals surface area contributed by atoms with Crippen molar-refractivity contribution in [1.82, 2.24) is 10.2 Å². The van der Waals surface area contributed by atoms with Crippen molar-refractivity contribution in [3.63, 3.8) is 0 Å². The van der Waals surface area contributed by atoms with E-state index < -0.39 is 0 Å². The van der Waals surface area contributed by atoms with Gasteiger partial charge in [-0.25, -0.2) is 0 Å². The second-order valence-corrected chi connectivity index (χ2v) is 3.74. The van der Waals surface area contributed by atoms with E-state index in [0.717, 1.165) is 12.8 Å². The standard InChI is InChI=1S/C11H24N2O2/c1-5-10(6-2)13(7-8-14)11(15)9(3)12-4/h9-10,12,14H,5-8H2,1-4H3. The van der Waals surface area contributed by atoms with Gasteiger partial charge in [0.2, 0.25) is 5.91 Å². The Balaban J connectivity index is 4.55. The molecule has 0 spiro atoms. The van der Waals surface area contributed by atoms with Crippen LogP contribution in [0.15, 0.2) is 0 Å². The first-order valence-electron chi connectivity index (χ1n) is 5.70. The molecule has 0 aromatic rings. The average Bonchev–Trinajstić information content (AvgIpc) is 2.27. The molecule has 0 bridgehead atoms. The molecule has 0 radical (unpaired) electrons. The molecule has 0 saturated heterocycles. The van der Waals surface area contributed by atoms with E-state index in [9.17, 15) is 4.79 Å². The summed E-state index contributed by atoms with van der Waals surface area (Å²) in [7, 11) is 1.77. The third-order valence-corrected chi connectivity index (χ3v) is 2.81. The highest BCUT2D eigenvalue weighted by Gasteiger charge is 2.23. The summed E-state index contributed by atoms with van der Waals surface area (Å²) in [6.07, 6.45) is 1.86. The van der Waals surface area contributed by atoms with E-state index in [0.29, 0.717) is 6.54 Å². The summed E-state index contributed by atoms with van der Waals surface area (Å²) in [6, 6.07) is 0.0533. The van der Waals surface area contributed by atoms with Crippen LogP contribution in [0.3, 0.4) is 0 Å². The van der Waals surface area contributed by atoms with Gasteiger partial charge < -0.3 is 15.3 Å². The molecule has 1 unspecified atom stereocenters. The van der Waals surface area contributed by atoms with Gasteiger partial charge in [-0.2, -0.15) is 0 Å². The first kappa shape index (κ1) is 14.4. The second kappa shape index (κ2) is 7.65. The maximum Gasteiger partial charge on any atom is 0.239 e. The summed E-state index contributed by atoms with van der Waals surface area (Å²) in [5.41, 5.74) is 0. The van der Waals surface area contributed by atoms with E-state index >= 15 is 0 Å². The SMILES string of the molecule is CCC(CC)N(CCO)C(=O)C(C)NC. The van der Waals surface area contributed by atoms with Gasteiger partial charge in [0, 0.05) is 12.6 Å². The van der Waals surface area contributed by atoms with Gasteiger partial charge >= 0.3 is 0 Å². The van der Waals surface area contributed by atoms with Gasteiger partial charge in [0.1, 0.15) is 0 Å². The number of carbonyl (C=O) groups is 1.